The average Bonchev–Trinajstić information content (AvgIpc) is 3.52. The van der Waals surface area contributed by atoms with Crippen molar-refractivity contribution in [2.45, 2.75) is 46.3 Å². The predicted octanol–water partition coefficient (Wildman–Crippen LogP) is 3.41. The van der Waals surface area contributed by atoms with E-state index in [-0.39, 0.29) is 11.9 Å². The number of anilines is 1. The minimum Gasteiger partial charge on any atom is -0.376 e. The quantitative estimate of drug-likeness (QED) is 0.514. The van der Waals surface area contributed by atoms with Gasteiger partial charge in [-0.15, -0.1) is 16.4 Å². The highest BCUT2D eigenvalue weighted by Crippen LogP contribution is 2.31. The Balaban J connectivity index is 1.35. The fourth-order valence-electron chi connectivity index (χ4n) is 3.94. The van der Waals surface area contributed by atoms with Crippen molar-refractivity contribution in [3.8, 4) is 11.3 Å². The van der Waals surface area contributed by atoms with Gasteiger partial charge in [-0.3, -0.25) is 10.1 Å². The van der Waals surface area contributed by atoms with E-state index in [1.54, 1.807) is 10.7 Å². The first kappa shape index (κ1) is 19.8. The SMILES string of the molecule is Cc1cc(-c2csc(NC(=O)c3nc4nccc(C)n4n3)n2)c(C)n1CC1CCCO1. The number of hydrogen-bond acceptors (Lipinski definition) is 7. The summed E-state index contributed by atoms with van der Waals surface area (Å²) < 4.78 is 9.64. The first-order valence-electron chi connectivity index (χ1n) is 10.2. The maximum atomic E-state index is 12.6. The van der Waals surface area contributed by atoms with Crippen molar-refractivity contribution in [2.75, 3.05) is 11.9 Å². The van der Waals surface area contributed by atoms with Gasteiger partial charge in [-0.05, 0) is 45.7 Å². The van der Waals surface area contributed by atoms with Crippen LogP contribution in [0.2, 0.25) is 0 Å². The molecule has 5 rings (SSSR count). The van der Waals surface area contributed by atoms with E-state index in [0.717, 1.165) is 48.6 Å². The maximum absolute atomic E-state index is 12.6. The van der Waals surface area contributed by atoms with Crippen LogP contribution in [0.15, 0.2) is 23.7 Å². The molecule has 1 amide bonds. The van der Waals surface area contributed by atoms with Crippen LogP contribution in [-0.2, 0) is 11.3 Å². The zero-order valence-electron chi connectivity index (χ0n) is 17.6. The number of hydrogen-bond donors (Lipinski definition) is 1. The van der Waals surface area contributed by atoms with Crippen molar-refractivity contribution < 1.29 is 9.53 Å². The second-order valence-electron chi connectivity index (χ2n) is 7.76. The Morgan fingerprint density at radius 2 is 2.16 bits per heavy atom. The fourth-order valence-corrected chi connectivity index (χ4v) is 4.65. The topological polar surface area (TPSA) is 99.2 Å². The van der Waals surface area contributed by atoms with Gasteiger partial charge >= 0.3 is 0 Å². The zero-order chi connectivity index (χ0) is 21.5. The molecule has 0 radical (unpaired) electrons. The monoisotopic (exact) mass is 437 g/mol. The van der Waals surface area contributed by atoms with E-state index in [0.29, 0.717) is 10.9 Å². The van der Waals surface area contributed by atoms with E-state index < -0.39 is 5.91 Å². The van der Waals surface area contributed by atoms with Crippen molar-refractivity contribution in [1.82, 2.24) is 29.1 Å². The molecule has 1 saturated heterocycles. The summed E-state index contributed by atoms with van der Waals surface area (Å²) in [7, 11) is 0. The first-order chi connectivity index (χ1) is 15.0. The molecule has 9 nitrogen and oxygen atoms in total. The lowest BCUT2D eigenvalue weighted by atomic mass is 10.2. The molecule has 1 atom stereocenters. The van der Waals surface area contributed by atoms with Gasteiger partial charge in [-0.25, -0.2) is 14.5 Å². The molecule has 160 valence electrons. The second kappa shape index (κ2) is 7.86. The minimum atomic E-state index is -0.408. The average molecular weight is 438 g/mol. The lowest BCUT2D eigenvalue weighted by molar-refractivity contribution is 0.0962. The normalized spacial score (nSPS) is 16.3. The number of aryl methyl sites for hydroxylation is 2. The maximum Gasteiger partial charge on any atom is 0.297 e. The van der Waals surface area contributed by atoms with Gasteiger partial charge in [0.25, 0.3) is 11.7 Å². The largest absolute Gasteiger partial charge is 0.376 e. The van der Waals surface area contributed by atoms with E-state index in [2.05, 4.69) is 49.8 Å². The van der Waals surface area contributed by atoms with Crippen LogP contribution in [0, 0.1) is 20.8 Å². The fraction of sp³-hybridized carbons (Fsp3) is 0.381. The first-order valence-corrected chi connectivity index (χ1v) is 11.1. The molecule has 0 saturated carbocycles. The molecule has 0 bridgehead atoms. The summed E-state index contributed by atoms with van der Waals surface area (Å²) in [5.74, 6) is 0.0478. The number of aromatic nitrogens is 6. The van der Waals surface area contributed by atoms with Gasteiger partial charge in [-0.1, -0.05) is 0 Å². The summed E-state index contributed by atoms with van der Waals surface area (Å²) in [5.41, 5.74) is 5.09. The second-order valence-corrected chi connectivity index (χ2v) is 8.61. The van der Waals surface area contributed by atoms with Gasteiger partial charge < -0.3 is 9.30 Å². The summed E-state index contributed by atoms with van der Waals surface area (Å²) in [6, 6.07) is 3.95. The van der Waals surface area contributed by atoms with Gasteiger partial charge in [0.05, 0.1) is 11.8 Å². The van der Waals surface area contributed by atoms with Gasteiger partial charge in [0, 0.05) is 47.4 Å². The number of rotatable bonds is 5. The molecule has 0 aromatic carbocycles. The smallest absolute Gasteiger partial charge is 0.297 e. The number of ether oxygens (including phenoxy) is 1. The number of nitrogens with zero attached hydrogens (tertiary/aromatic N) is 6. The van der Waals surface area contributed by atoms with Crippen molar-refractivity contribution in [3.05, 3.63) is 46.6 Å². The molecule has 10 heteroatoms. The number of thiazole rings is 1. The Bertz CT molecular complexity index is 1270. The van der Waals surface area contributed by atoms with Gasteiger partial charge in [0.15, 0.2) is 5.13 Å². The molecule has 0 spiro atoms. The summed E-state index contributed by atoms with van der Waals surface area (Å²) in [6.45, 7) is 7.80. The highest BCUT2D eigenvalue weighted by atomic mass is 32.1. The summed E-state index contributed by atoms with van der Waals surface area (Å²) in [5, 5.41) is 9.51. The van der Waals surface area contributed by atoms with Crippen LogP contribution in [0.3, 0.4) is 0 Å². The molecule has 4 aromatic rings. The highest BCUT2D eigenvalue weighted by molar-refractivity contribution is 7.14. The van der Waals surface area contributed by atoms with Crippen molar-refractivity contribution in [2.24, 2.45) is 0 Å². The van der Waals surface area contributed by atoms with Crippen molar-refractivity contribution >= 4 is 28.2 Å². The van der Waals surface area contributed by atoms with Crippen molar-refractivity contribution in [3.63, 3.8) is 0 Å². The molecule has 4 aromatic heterocycles. The molecule has 31 heavy (non-hydrogen) atoms. The third-order valence-electron chi connectivity index (χ3n) is 5.62. The Labute approximate surface area is 183 Å². The number of nitrogens with one attached hydrogen (secondary N) is 1. The van der Waals surface area contributed by atoms with Crippen LogP contribution in [0.25, 0.3) is 17.0 Å². The van der Waals surface area contributed by atoms with Crippen LogP contribution in [0.4, 0.5) is 5.13 Å². The molecule has 1 unspecified atom stereocenters. The van der Waals surface area contributed by atoms with E-state index in [1.165, 1.54) is 17.0 Å². The Hall–Kier alpha value is -3.11. The third kappa shape index (κ3) is 3.72. The third-order valence-corrected chi connectivity index (χ3v) is 6.38. The highest BCUT2D eigenvalue weighted by Gasteiger charge is 2.21. The zero-order valence-corrected chi connectivity index (χ0v) is 18.4. The van der Waals surface area contributed by atoms with Crippen LogP contribution < -0.4 is 5.32 Å². The molecule has 5 heterocycles. The van der Waals surface area contributed by atoms with E-state index in [9.17, 15) is 4.79 Å². The molecule has 1 N–H and O–H groups in total. The summed E-state index contributed by atoms with van der Waals surface area (Å²) in [4.78, 5) is 25.6. The van der Waals surface area contributed by atoms with Gasteiger partial charge in [-0.2, -0.15) is 4.98 Å². The minimum absolute atomic E-state index is 0.0632. The van der Waals surface area contributed by atoms with E-state index in [1.807, 2.05) is 18.4 Å². The molecular formula is C21H23N7O2S. The van der Waals surface area contributed by atoms with Gasteiger partial charge in [0.1, 0.15) is 0 Å². The lowest BCUT2D eigenvalue weighted by Gasteiger charge is -2.14. The summed E-state index contributed by atoms with van der Waals surface area (Å²) >= 11 is 1.38. The molecule has 1 fully saturated rings. The molecule has 1 aliphatic rings. The standard InChI is InChI=1S/C21H23N7O2S/c1-12-6-7-22-20-24-18(26-28(12)20)19(29)25-21-23-17(11-31-21)16-9-13(2)27(14(16)3)10-15-5-4-8-30-15/h6-7,9,11,15H,4-5,8,10H2,1-3H3,(H,23,25,29). The Morgan fingerprint density at radius 3 is 2.94 bits per heavy atom. The number of carbonyl (C=O) groups is 1. The van der Waals surface area contributed by atoms with Crippen molar-refractivity contribution in [1.29, 1.82) is 0 Å². The van der Waals surface area contributed by atoms with Crippen LogP contribution in [0.1, 0.15) is 40.5 Å². The van der Waals surface area contributed by atoms with Crippen LogP contribution >= 0.6 is 11.3 Å². The van der Waals surface area contributed by atoms with Crippen LogP contribution in [-0.4, -0.2) is 47.8 Å². The van der Waals surface area contributed by atoms with Crippen LogP contribution in [0.5, 0.6) is 0 Å². The summed E-state index contributed by atoms with van der Waals surface area (Å²) in [6.07, 6.45) is 4.15. The number of fused-ring (bicyclic) bond motifs is 1. The van der Waals surface area contributed by atoms with E-state index in [4.69, 9.17) is 4.74 Å². The Morgan fingerprint density at radius 1 is 1.29 bits per heavy atom. The number of carbonyl (C=O) groups excluding carboxylic acids is 1. The predicted molar refractivity (Wildman–Crippen MR) is 117 cm³/mol. The van der Waals surface area contributed by atoms with Gasteiger partial charge in [0.2, 0.25) is 5.82 Å². The molecule has 1 aliphatic heterocycles. The van der Waals surface area contributed by atoms with E-state index >= 15 is 0 Å². The molecule has 0 aliphatic carbocycles. The Kier molecular flexibility index (Phi) is 5.03. The lowest BCUT2D eigenvalue weighted by Crippen LogP contribution is -2.16. The molecular weight excluding hydrogens is 414 g/mol. The number of amides is 1.